The number of aryl methyl sites for hydroxylation is 2. The number of hydrogen-bond acceptors (Lipinski definition) is 4. The van der Waals surface area contributed by atoms with E-state index in [9.17, 15) is 4.79 Å². The molecule has 0 unspecified atom stereocenters. The highest BCUT2D eigenvalue weighted by atomic mass is 32.2. The van der Waals surface area contributed by atoms with Gasteiger partial charge in [-0.1, -0.05) is 23.9 Å². The third kappa shape index (κ3) is 3.81. The Kier molecular flexibility index (Phi) is 5.07. The number of para-hydroxylation sites is 2. The van der Waals surface area contributed by atoms with Crippen molar-refractivity contribution < 1.29 is 4.79 Å². The Morgan fingerprint density at radius 1 is 1.19 bits per heavy atom. The molecule has 0 radical (unpaired) electrons. The van der Waals surface area contributed by atoms with Crippen molar-refractivity contribution in [2.75, 3.05) is 29.1 Å². The number of amides is 1. The lowest BCUT2D eigenvalue weighted by atomic mass is 10.1. The fraction of sp³-hybridized carbons (Fsp3) is 0.333. The lowest BCUT2D eigenvalue weighted by Gasteiger charge is -2.19. The number of nitrogens with one attached hydrogen (secondary N) is 1. The molecule has 1 saturated heterocycles. The first kappa shape index (κ1) is 17.9. The van der Waals surface area contributed by atoms with Crippen molar-refractivity contribution in [3.8, 4) is 0 Å². The van der Waals surface area contributed by atoms with E-state index < -0.39 is 0 Å². The van der Waals surface area contributed by atoms with Crippen LogP contribution in [-0.4, -0.2) is 34.3 Å². The molecule has 0 bridgehead atoms. The van der Waals surface area contributed by atoms with Crippen LogP contribution in [0.1, 0.15) is 18.4 Å². The molecule has 1 fully saturated rings. The van der Waals surface area contributed by atoms with Gasteiger partial charge in [0.1, 0.15) is 0 Å². The van der Waals surface area contributed by atoms with E-state index in [4.69, 9.17) is 0 Å². The van der Waals surface area contributed by atoms with Gasteiger partial charge in [0.2, 0.25) is 5.91 Å². The van der Waals surface area contributed by atoms with Crippen molar-refractivity contribution in [1.82, 2.24) is 9.55 Å². The van der Waals surface area contributed by atoms with Gasteiger partial charge in [-0.3, -0.25) is 4.79 Å². The summed E-state index contributed by atoms with van der Waals surface area (Å²) in [7, 11) is 1.98. The topological polar surface area (TPSA) is 50.2 Å². The Hall–Kier alpha value is -2.47. The van der Waals surface area contributed by atoms with Crippen molar-refractivity contribution in [2.45, 2.75) is 24.9 Å². The van der Waals surface area contributed by atoms with E-state index >= 15 is 0 Å². The minimum absolute atomic E-state index is 0.0101. The van der Waals surface area contributed by atoms with Crippen LogP contribution in [0.5, 0.6) is 0 Å². The Morgan fingerprint density at radius 2 is 1.96 bits per heavy atom. The maximum absolute atomic E-state index is 12.4. The Balaban J connectivity index is 1.39. The van der Waals surface area contributed by atoms with Gasteiger partial charge >= 0.3 is 0 Å². The molecule has 1 aromatic heterocycles. The van der Waals surface area contributed by atoms with Crippen LogP contribution in [0.4, 0.5) is 11.4 Å². The highest BCUT2D eigenvalue weighted by Crippen LogP contribution is 2.26. The zero-order chi connectivity index (χ0) is 18.8. The predicted molar refractivity (Wildman–Crippen MR) is 113 cm³/mol. The standard InChI is InChI=1S/C21H24N4OS/c1-15-13-16(25-11-5-6-12-25)9-10-17(15)22-20(26)14-27-21-23-18-7-3-4-8-19(18)24(21)2/h3-4,7-10,13H,5-6,11-12,14H2,1-2H3,(H,22,26). The van der Waals surface area contributed by atoms with Crippen LogP contribution >= 0.6 is 11.8 Å². The Bertz CT molecular complexity index is 975. The molecule has 2 heterocycles. The molecule has 0 atom stereocenters. The smallest absolute Gasteiger partial charge is 0.234 e. The van der Waals surface area contributed by atoms with Crippen molar-refractivity contribution >= 4 is 40.1 Å². The molecular formula is C21H24N4OS. The second-order valence-electron chi connectivity index (χ2n) is 6.97. The molecule has 0 saturated carbocycles. The van der Waals surface area contributed by atoms with Gasteiger partial charge < -0.3 is 14.8 Å². The first-order chi connectivity index (χ1) is 13.1. The Labute approximate surface area is 163 Å². The van der Waals surface area contributed by atoms with Crippen molar-refractivity contribution in [3.63, 3.8) is 0 Å². The van der Waals surface area contributed by atoms with Crippen LogP contribution in [0.15, 0.2) is 47.6 Å². The molecule has 0 spiro atoms. The van der Waals surface area contributed by atoms with Crippen molar-refractivity contribution in [2.24, 2.45) is 7.05 Å². The second-order valence-corrected chi connectivity index (χ2v) is 7.91. The van der Waals surface area contributed by atoms with Crippen LogP contribution in [0.3, 0.4) is 0 Å². The summed E-state index contributed by atoms with van der Waals surface area (Å²) in [5.74, 6) is 0.328. The summed E-state index contributed by atoms with van der Waals surface area (Å²) in [4.78, 5) is 19.4. The molecule has 0 aliphatic carbocycles. The summed E-state index contributed by atoms with van der Waals surface area (Å²) in [6.07, 6.45) is 2.52. The van der Waals surface area contributed by atoms with Crippen molar-refractivity contribution in [3.05, 3.63) is 48.0 Å². The van der Waals surface area contributed by atoms with E-state index in [1.807, 2.05) is 48.9 Å². The summed E-state index contributed by atoms with van der Waals surface area (Å²) in [5, 5.41) is 3.89. The molecule has 140 valence electrons. The van der Waals surface area contributed by atoms with Gasteiger partial charge in [-0.15, -0.1) is 0 Å². The normalized spacial score (nSPS) is 14.1. The summed E-state index contributed by atoms with van der Waals surface area (Å²) in [6, 6.07) is 14.3. The number of hydrogen-bond donors (Lipinski definition) is 1. The van der Waals surface area contributed by atoms with E-state index in [1.165, 1.54) is 30.3 Å². The fourth-order valence-corrected chi connectivity index (χ4v) is 4.32. The molecule has 27 heavy (non-hydrogen) atoms. The first-order valence-electron chi connectivity index (χ1n) is 9.31. The number of anilines is 2. The largest absolute Gasteiger partial charge is 0.372 e. The number of fused-ring (bicyclic) bond motifs is 1. The summed E-state index contributed by atoms with van der Waals surface area (Å²) in [6.45, 7) is 4.30. The maximum atomic E-state index is 12.4. The number of carbonyl (C=O) groups excluding carboxylic acids is 1. The average Bonchev–Trinajstić information content (AvgIpc) is 3.31. The van der Waals surface area contributed by atoms with Crippen molar-refractivity contribution in [1.29, 1.82) is 0 Å². The minimum Gasteiger partial charge on any atom is -0.372 e. The Morgan fingerprint density at radius 3 is 2.70 bits per heavy atom. The van der Waals surface area contributed by atoms with Gasteiger partial charge in [0.15, 0.2) is 5.16 Å². The quantitative estimate of drug-likeness (QED) is 0.674. The summed E-state index contributed by atoms with van der Waals surface area (Å²) < 4.78 is 2.03. The number of aromatic nitrogens is 2. The molecule has 1 amide bonds. The molecule has 3 aromatic rings. The molecule has 2 aromatic carbocycles. The van der Waals surface area contributed by atoms with Gasteiger partial charge in [-0.25, -0.2) is 4.98 Å². The number of rotatable bonds is 5. The molecule has 5 nitrogen and oxygen atoms in total. The van der Waals surface area contributed by atoms with E-state index in [0.717, 1.165) is 40.5 Å². The highest BCUT2D eigenvalue weighted by Gasteiger charge is 2.14. The first-order valence-corrected chi connectivity index (χ1v) is 10.3. The van der Waals surface area contributed by atoms with E-state index in [2.05, 4.69) is 27.3 Å². The van der Waals surface area contributed by atoms with E-state index in [-0.39, 0.29) is 5.91 Å². The van der Waals surface area contributed by atoms with E-state index in [0.29, 0.717) is 5.75 Å². The monoisotopic (exact) mass is 380 g/mol. The molecule has 1 aliphatic rings. The van der Waals surface area contributed by atoms with Gasteiger partial charge in [-0.2, -0.15) is 0 Å². The maximum Gasteiger partial charge on any atom is 0.234 e. The lowest BCUT2D eigenvalue weighted by molar-refractivity contribution is -0.113. The number of thioether (sulfide) groups is 1. The van der Waals surface area contributed by atoms with Crippen LogP contribution in [0, 0.1) is 6.92 Å². The molecule has 1 aliphatic heterocycles. The number of imidazole rings is 1. The number of nitrogens with zero attached hydrogens (tertiary/aromatic N) is 3. The summed E-state index contributed by atoms with van der Waals surface area (Å²) in [5.41, 5.74) is 5.26. The summed E-state index contributed by atoms with van der Waals surface area (Å²) >= 11 is 1.46. The van der Waals surface area contributed by atoms with Gasteiger partial charge in [0.05, 0.1) is 16.8 Å². The van der Waals surface area contributed by atoms with Gasteiger partial charge in [0, 0.05) is 31.5 Å². The third-order valence-corrected chi connectivity index (χ3v) is 6.06. The lowest BCUT2D eigenvalue weighted by Crippen LogP contribution is -2.18. The third-order valence-electron chi connectivity index (χ3n) is 5.03. The molecular weight excluding hydrogens is 356 g/mol. The SMILES string of the molecule is Cc1cc(N2CCCC2)ccc1NC(=O)CSc1nc2ccccc2n1C. The molecule has 4 rings (SSSR count). The number of benzene rings is 2. The van der Waals surface area contributed by atoms with Crippen LogP contribution < -0.4 is 10.2 Å². The van der Waals surface area contributed by atoms with Gasteiger partial charge in [-0.05, 0) is 55.7 Å². The average molecular weight is 381 g/mol. The predicted octanol–water partition coefficient (Wildman–Crippen LogP) is 4.21. The highest BCUT2D eigenvalue weighted by molar-refractivity contribution is 7.99. The van der Waals surface area contributed by atoms with Crippen LogP contribution in [-0.2, 0) is 11.8 Å². The van der Waals surface area contributed by atoms with Gasteiger partial charge in [0.25, 0.3) is 0 Å². The van der Waals surface area contributed by atoms with E-state index in [1.54, 1.807) is 0 Å². The molecule has 6 heteroatoms. The number of carbonyl (C=O) groups is 1. The van der Waals surface area contributed by atoms with Crippen LogP contribution in [0.2, 0.25) is 0 Å². The minimum atomic E-state index is -0.0101. The zero-order valence-corrected chi connectivity index (χ0v) is 16.6. The fourth-order valence-electron chi connectivity index (χ4n) is 3.53. The zero-order valence-electron chi connectivity index (χ0n) is 15.7. The van der Waals surface area contributed by atoms with Crippen LogP contribution in [0.25, 0.3) is 11.0 Å². The second kappa shape index (κ2) is 7.64. The molecule has 1 N–H and O–H groups in total.